The van der Waals surface area contributed by atoms with Crippen molar-refractivity contribution >= 4 is 29.9 Å². The van der Waals surface area contributed by atoms with E-state index in [0.717, 1.165) is 44.4 Å². The zero-order valence-corrected chi connectivity index (χ0v) is 19.1. The van der Waals surface area contributed by atoms with Crippen LogP contribution in [0.15, 0.2) is 53.8 Å². The van der Waals surface area contributed by atoms with E-state index in [4.69, 9.17) is 4.74 Å². The van der Waals surface area contributed by atoms with Crippen LogP contribution in [0, 0.1) is 0 Å². The minimum absolute atomic E-state index is 0. The molecule has 0 radical (unpaired) electrons. The minimum atomic E-state index is 0. The van der Waals surface area contributed by atoms with Crippen LogP contribution < -0.4 is 15.4 Å². The summed E-state index contributed by atoms with van der Waals surface area (Å²) in [5.74, 6) is 1.74. The summed E-state index contributed by atoms with van der Waals surface area (Å²) in [6, 6.07) is 12.9. The van der Waals surface area contributed by atoms with Gasteiger partial charge in [-0.1, -0.05) is 12.1 Å². The van der Waals surface area contributed by atoms with Crippen LogP contribution in [0.3, 0.4) is 0 Å². The third-order valence-corrected chi connectivity index (χ3v) is 5.10. The first kappa shape index (κ1) is 22.5. The van der Waals surface area contributed by atoms with Gasteiger partial charge < -0.3 is 19.9 Å². The van der Waals surface area contributed by atoms with E-state index in [-0.39, 0.29) is 24.0 Å². The number of nitrogens with one attached hydrogen (secondary N) is 2. The maximum atomic E-state index is 5.30. The highest BCUT2D eigenvalue weighted by Crippen LogP contribution is 2.26. The van der Waals surface area contributed by atoms with Crippen molar-refractivity contribution in [2.45, 2.75) is 25.4 Å². The van der Waals surface area contributed by atoms with E-state index in [9.17, 15) is 0 Å². The van der Waals surface area contributed by atoms with Crippen LogP contribution in [0.4, 0.5) is 0 Å². The minimum Gasteiger partial charge on any atom is -0.497 e. The van der Waals surface area contributed by atoms with Gasteiger partial charge >= 0.3 is 0 Å². The van der Waals surface area contributed by atoms with Crippen LogP contribution in [0.25, 0.3) is 0 Å². The summed E-state index contributed by atoms with van der Waals surface area (Å²) in [4.78, 5) is 6.93. The van der Waals surface area contributed by atoms with E-state index in [1.54, 1.807) is 7.11 Å². The van der Waals surface area contributed by atoms with Crippen molar-refractivity contribution in [3.05, 3.63) is 54.4 Å². The molecule has 1 aromatic carbocycles. The smallest absolute Gasteiger partial charge is 0.191 e. The number of rotatable bonds is 8. The molecule has 6 nitrogen and oxygen atoms in total. The maximum absolute atomic E-state index is 5.30. The van der Waals surface area contributed by atoms with Gasteiger partial charge in [0.2, 0.25) is 0 Å². The number of halogens is 1. The van der Waals surface area contributed by atoms with Crippen LogP contribution in [-0.2, 0) is 6.54 Å². The first-order valence-corrected chi connectivity index (χ1v) is 9.73. The summed E-state index contributed by atoms with van der Waals surface area (Å²) in [7, 11) is 3.53. The van der Waals surface area contributed by atoms with Crippen LogP contribution in [0.5, 0.6) is 5.75 Å². The van der Waals surface area contributed by atoms with Crippen molar-refractivity contribution in [2.24, 2.45) is 4.99 Å². The molecule has 2 aromatic rings. The lowest BCUT2D eigenvalue weighted by Crippen LogP contribution is -2.43. The van der Waals surface area contributed by atoms with Gasteiger partial charge in [-0.25, -0.2) is 0 Å². The summed E-state index contributed by atoms with van der Waals surface area (Å²) < 4.78 is 7.46. The number of aromatic nitrogens is 1. The third kappa shape index (κ3) is 6.41. The second kappa shape index (κ2) is 12.0. The maximum Gasteiger partial charge on any atom is 0.191 e. The molecule has 3 rings (SSSR count). The molecule has 1 unspecified atom stereocenters. The lowest BCUT2D eigenvalue weighted by molar-refractivity contribution is 0.245. The highest BCUT2D eigenvalue weighted by Gasteiger charge is 2.23. The monoisotopic (exact) mass is 497 g/mol. The molecule has 0 bridgehead atoms. The molecule has 154 valence electrons. The topological polar surface area (TPSA) is 53.8 Å². The number of hydrogen-bond donors (Lipinski definition) is 2. The van der Waals surface area contributed by atoms with Gasteiger partial charge in [0, 0.05) is 39.1 Å². The van der Waals surface area contributed by atoms with Gasteiger partial charge in [0.25, 0.3) is 0 Å². The van der Waals surface area contributed by atoms with Crippen molar-refractivity contribution in [1.29, 1.82) is 0 Å². The highest BCUT2D eigenvalue weighted by molar-refractivity contribution is 14.0. The van der Waals surface area contributed by atoms with Gasteiger partial charge in [-0.3, -0.25) is 9.89 Å². The summed E-state index contributed by atoms with van der Waals surface area (Å²) in [5, 5.41) is 6.91. The van der Waals surface area contributed by atoms with E-state index in [2.05, 4.69) is 49.6 Å². The standard InChI is InChI=1S/C21H31N5O.HI/c1-22-21(23-11-16-25-12-3-4-13-25)24-17-20(26-14-5-6-15-26)18-7-9-19(27-2)10-8-18;/h3-4,7-10,12-13,20H,5-6,11,14-17H2,1-2H3,(H2,22,23,24);1H. The molecule has 2 N–H and O–H groups in total. The van der Waals surface area contributed by atoms with Crippen molar-refractivity contribution in [3.8, 4) is 5.75 Å². The van der Waals surface area contributed by atoms with Crippen LogP contribution >= 0.6 is 24.0 Å². The molecule has 1 fully saturated rings. The Hall–Kier alpha value is -1.74. The summed E-state index contributed by atoms with van der Waals surface area (Å²) in [5.41, 5.74) is 1.31. The van der Waals surface area contributed by atoms with E-state index in [1.165, 1.54) is 18.4 Å². The molecule has 1 saturated heterocycles. The molecule has 0 aliphatic carbocycles. The molecule has 1 aliphatic heterocycles. The fourth-order valence-electron chi connectivity index (χ4n) is 3.57. The van der Waals surface area contributed by atoms with Crippen molar-refractivity contribution < 1.29 is 4.74 Å². The molecule has 0 saturated carbocycles. The molecule has 1 aromatic heterocycles. The normalized spacial score (nSPS) is 15.7. The van der Waals surface area contributed by atoms with Gasteiger partial charge in [-0.15, -0.1) is 24.0 Å². The Morgan fingerprint density at radius 1 is 1.11 bits per heavy atom. The van der Waals surface area contributed by atoms with E-state index < -0.39 is 0 Å². The van der Waals surface area contributed by atoms with Crippen LogP contribution in [0.2, 0.25) is 0 Å². The number of likely N-dealkylation sites (tertiary alicyclic amines) is 1. The van der Waals surface area contributed by atoms with Gasteiger partial charge in [0.1, 0.15) is 5.75 Å². The lowest BCUT2D eigenvalue weighted by Gasteiger charge is -2.29. The first-order valence-electron chi connectivity index (χ1n) is 9.73. The Labute approximate surface area is 185 Å². The van der Waals surface area contributed by atoms with Crippen molar-refractivity contribution in [1.82, 2.24) is 20.1 Å². The number of guanidine groups is 1. The quantitative estimate of drug-likeness (QED) is 0.335. The predicted octanol–water partition coefficient (Wildman–Crippen LogP) is 3.12. The Morgan fingerprint density at radius 3 is 2.39 bits per heavy atom. The van der Waals surface area contributed by atoms with E-state index in [1.807, 2.05) is 31.3 Å². The number of nitrogens with zero attached hydrogens (tertiary/aromatic N) is 3. The van der Waals surface area contributed by atoms with Crippen LogP contribution in [0.1, 0.15) is 24.4 Å². The molecule has 0 amide bonds. The van der Waals surface area contributed by atoms with E-state index in [0.29, 0.717) is 6.04 Å². The number of aliphatic imine (C=N–C) groups is 1. The zero-order valence-electron chi connectivity index (χ0n) is 16.8. The molecule has 2 heterocycles. The Kier molecular flexibility index (Phi) is 9.63. The summed E-state index contributed by atoms with van der Waals surface area (Å²) in [6.45, 7) is 4.89. The zero-order chi connectivity index (χ0) is 18.9. The number of benzene rings is 1. The van der Waals surface area contributed by atoms with Gasteiger partial charge in [-0.05, 0) is 55.8 Å². The second-order valence-corrected chi connectivity index (χ2v) is 6.83. The predicted molar refractivity (Wildman–Crippen MR) is 126 cm³/mol. The average molecular weight is 497 g/mol. The summed E-state index contributed by atoms with van der Waals surface area (Å²) in [6.07, 6.45) is 6.70. The third-order valence-electron chi connectivity index (χ3n) is 5.10. The molecule has 7 heteroatoms. The fraction of sp³-hybridized carbons (Fsp3) is 0.476. The first-order chi connectivity index (χ1) is 13.3. The van der Waals surface area contributed by atoms with Crippen molar-refractivity contribution in [2.75, 3.05) is 40.3 Å². The molecular weight excluding hydrogens is 465 g/mol. The molecular formula is C21H32IN5O. The largest absolute Gasteiger partial charge is 0.497 e. The lowest BCUT2D eigenvalue weighted by atomic mass is 10.1. The van der Waals surface area contributed by atoms with Crippen LogP contribution in [-0.4, -0.2) is 55.8 Å². The van der Waals surface area contributed by atoms with Gasteiger partial charge in [0.05, 0.1) is 13.2 Å². The Morgan fingerprint density at radius 2 is 1.79 bits per heavy atom. The summed E-state index contributed by atoms with van der Waals surface area (Å²) >= 11 is 0. The number of hydrogen-bond acceptors (Lipinski definition) is 3. The Balaban J connectivity index is 0.00000280. The van der Waals surface area contributed by atoms with Gasteiger partial charge in [-0.2, -0.15) is 0 Å². The number of methoxy groups -OCH3 is 1. The fourth-order valence-corrected chi connectivity index (χ4v) is 3.57. The highest BCUT2D eigenvalue weighted by atomic mass is 127. The molecule has 1 atom stereocenters. The second-order valence-electron chi connectivity index (χ2n) is 6.83. The Bertz CT molecular complexity index is 696. The molecule has 1 aliphatic rings. The van der Waals surface area contributed by atoms with E-state index >= 15 is 0 Å². The SMILES string of the molecule is CN=C(NCCn1cccc1)NCC(c1ccc(OC)cc1)N1CCCC1.I. The van der Waals surface area contributed by atoms with Gasteiger partial charge in [0.15, 0.2) is 5.96 Å². The number of ether oxygens (including phenoxy) is 1. The molecule has 0 spiro atoms. The molecule has 28 heavy (non-hydrogen) atoms. The van der Waals surface area contributed by atoms with Crippen molar-refractivity contribution in [3.63, 3.8) is 0 Å². The average Bonchev–Trinajstić information content (AvgIpc) is 3.41.